The van der Waals surface area contributed by atoms with Gasteiger partial charge in [0.05, 0.1) is 10.6 Å². The van der Waals surface area contributed by atoms with Gasteiger partial charge in [0.1, 0.15) is 6.54 Å². The van der Waals surface area contributed by atoms with Gasteiger partial charge in [0, 0.05) is 6.54 Å². The summed E-state index contributed by atoms with van der Waals surface area (Å²) in [6.07, 6.45) is 5.18. The molecule has 5 nitrogen and oxygen atoms in total. The average molecular weight is 431 g/mol. The second-order valence-corrected chi connectivity index (χ2v) is 9.43. The lowest BCUT2D eigenvalue weighted by Crippen LogP contribution is -2.42. The predicted molar refractivity (Wildman–Crippen MR) is 123 cm³/mol. The van der Waals surface area contributed by atoms with Crippen LogP contribution in [0, 0.1) is 5.92 Å². The summed E-state index contributed by atoms with van der Waals surface area (Å²) >= 11 is 0. The number of rotatable bonds is 12. The molecule has 1 amide bonds. The molecule has 2 rings (SSSR count). The molecule has 0 aromatic heterocycles. The highest BCUT2D eigenvalue weighted by molar-refractivity contribution is 7.92. The predicted octanol–water partition coefficient (Wildman–Crippen LogP) is 4.78. The number of unbranched alkanes of at least 4 members (excludes halogenated alkanes) is 1. The molecular weight excluding hydrogens is 396 g/mol. The van der Waals surface area contributed by atoms with Gasteiger partial charge in [-0.2, -0.15) is 0 Å². The number of anilines is 1. The topological polar surface area (TPSA) is 66.5 Å². The normalized spacial score (nSPS) is 12.4. The lowest BCUT2D eigenvalue weighted by molar-refractivity contribution is -0.119. The molecule has 2 aromatic rings. The van der Waals surface area contributed by atoms with Gasteiger partial charge in [-0.25, -0.2) is 8.42 Å². The van der Waals surface area contributed by atoms with Gasteiger partial charge >= 0.3 is 0 Å². The molecule has 0 aliphatic carbocycles. The van der Waals surface area contributed by atoms with Crippen molar-refractivity contribution in [3.05, 3.63) is 60.2 Å². The SMILES string of the molecule is CCCC[C@@H](CC)CNC(=O)CN(c1ccc(CC)cc1)S(=O)(=O)c1ccccc1. The van der Waals surface area contributed by atoms with Crippen LogP contribution in [0.4, 0.5) is 5.69 Å². The molecule has 0 fully saturated rings. The number of nitrogens with zero attached hydrogens (tertiary/aromatic N) is 1. The minimum atomic E-state index is -3.85. The Morgan fingerprint density at radius 1 is 1.00 bits per heavy atom. The molecule has 0 saturated heterocycles. The molecule has 0 aliphatic heterocycles. The van der Waals surface area contributed by atoms with Gasteiger partial charge in [0.15, 0.2) is 0 Å². The van der Waals surface area contributed by atoms with Crippen LogP contribution in [0.15, 0.2) is 59.5 Å². The zero-order valence-electron chi connectivity index (χ0n) is 18.3. The number of carbonyl (C=O) groups is 1. The molecule has 0 saturated carbocycles. The van der Waals surface area contributed by atoms with E-state index < -0.39 is 10.0 Å². The van der Waals surface area contributed by atoms with Crippen LogP contribution in [0.2, 0.25) is 0 Å². The maximum absolute atomic E-state index is 13.3. The van der Waals surface area contributed by atoms with Crippen LogP contribution in [0.3, 0.4) is 0 Å². The second kappa shape index (κ2) is 11.7. The highest BCUT2D eigenvalue weighted by Gasteiger charge is 2.27. The Labute approximate surface area is 181 Å². The molecule has 0 aliphatic rings. The molecule has 0 unspecified atom stereocenters. The van der Waals surface area contributed by atoms with E-state index in [0.717, 1.165) is 37.7 Å². The largest absolute Gasteiger partial charge is 0.354 e. The van der Waals surface area contributed by atoms with E-state index in [1.165, 1.54) is 4.31 Å². The molecule has 0 heterocycles. The Balaban J connectivity index is 2.22. The number of aryl methyl sites for hydroxylation is 1. The Kier molecular flexibility index (Phi) is 9.37. The standard InChI is InChI=1S/C24H34N2O3S/c1-4-7-11-21(6-3)18-25-24(27)19-26(22-16-14-20(5-2)15-17-22)30(28,29)23-12-9-8-10-13-23/h8-10,12-17,21H,4-7,11,18-19H2,1-3H3,(H,25,27)/t21-/m1/s1. The fraction of sp³-hybridized carbons (Fsp3) is 0.458. The van der Waals surface area contributed by atoms with E-state index in [1.807, 2.05) is 19.1 Å². The number of nitrogens with one attached hydrogen (secondary N) is 1. The summed E-state index contributed by atoms with van der Waals surface area (Å²) in [5, 5.41) is 2.94. The fourth-order valence-corrected chi connectivity index (χ4v) is 4.76. The van der Waals surface area contributed by atoms with Crippen molar-refractivity contribution < 1.29 is 13.2 Å². The van der Waals surface area contributed by atoms with Gasteiger partial charge in [-0.3, -0.25) is 9.10 Å². The van der Waals surface area contributed by atoms with Gasteiger partial charge in [-0.15, -0.1) is 0 Å². The van der Waals surface area contributed by atoms with Crippen LogP contribution < -0.4 is 9.62 Å². The van der Waals surface area contributed by atoms with Crippen molar-refractivity contribution >= 4 is 21.6 Å². The van der Waals surface area contributed by atoms with Crippen molar-refractivity contribution in [2.45, 2.75) is 57.8 Å². The molecule has 0 radical (unpaired) electrons. The number of carbonyl (C=O) groups excluding carboxylic acids is 1. The Morgan fingerprint density at radius 2 is 1.67 bits per heavy atom. The summed E-state index contributed by atoms with van der Waals surface area (Å²) in [5.41, 5.74) is 1.60. The molecule has 1 N–H and O–H groups in total. The molecule has 2 aromatic carbocycles. The van der Waals surface area contributed by atoms with Crippen LogP contribution in [-0.2, 0) is 21.2 Å². The van der Waals surface area contributed by atoms with Crippen molar-refractivity contribution in [3.8, 4) is 0 Å². The monoisotopic (exact) mass is 430 g/mol. The number of hydrogen-bond donors (Lipinski definition) is 1. The van der Waals surface area contributed by atoms with E-state index in [9.17, 15) is 13.2 Å². The number of sulfonamides is 1. The highest BCUT2D eigenvalue weighted by atomic mass is 32.2. The molecule has 0 bridgehead atoms. The summed E-state index contributed by atoms with van der Waals surface area (Å²) in [4.78, 5) is 12.9. The fourth-order valence-electron chi connectivity index (χ4n) is 3.32. The summed E-state index contributed by atoms with van der Waals surface area (Å²) in [6.45, 7) is 6.65. The second-order valence-electron chi connectivity index (χ2n) is 7.57. The van der Waals surface area contributed by atoms with Crippen molar-refractivity contribution in [1.29, 1.82) is 0 Å². The van der Waals surface area contributed by atoms with Crippen molar-refractivity contribution in [1.82, 2.24) is 5.32 Å². The van der Waals surface area contributed by atoms with Gasteiger partial charge in [0.25, 0.3) is 10.0 Å². The van der Waals surface area contributed by atoms with Crippen molar-refractivity contribution in [2.75, 3.05) is 17.4 Å². The summed E-state index contributed by atoms with van der Waals surface area (Å²) in [5.74, 6) is 0.126. The summed E-state index contributed by atoms with van der Waals surface area (Å²) in [7, 11) is -3.85. The van der Waals surface area contributed by atoms with Gasteiger partial charge < -0.3 is 5.32 Å². The van der Waals surface area contributed by atoms with E-state index in [2.05, 4.69) is 19.2 Å². The van der Waals surface area contributed by atoms with E-state index >= 15 is 0 Å². The summed E-state index contributed by atoms with van der Waals surface area (Å²) < 4.78 is 27.8. The minimum absolute atomic E-state index is 0.173. The third-order valence-corrected chi connectivity index (χ3v) is 7.17. The van der Waals surface area contributed by atoms with E-state index in [1.54, 1.807) is 42.5 Å². The maximum Gasteiger partial charge on any atom is 0.264 e. The third kappa shape index (κ3) is 6.59. The van der Waals surface area contributed by atoms with Crippen molar-refractivity contribution in [2.24, 2.45) is 5.92 Å². The Bertz CT molecular complexity index is 880. The molecule has 6 heteroatoms. The number of hydrogen-bond acceptors (Lipinski definition) is 3. The minimum Gasteiger partial charge on any atom is -0.354 e. The van der Waals surface area contributed by atoms with Crippen LogP contribution in [0.25, 0.3) is 0 Å². The zero-order chi connectivity index (χ0) is 22.0. The van der Waals surface area contributed by atoms with Gasteiger partial charge in [-0.05, 0) is 48.6 Å². The third-order valence-electron chi connectivity index (χ3n) is 5.38. The van der Waals surface area contributed by atoms with E-state index in [4.69, 9.17) is 0 Å². The zero-order valence-corrected chi connectivity index (χ0v) is 19.1. The quantitative estimate of drug-likeness (QED) is 0.527. The van der Waals surface area contributed by atoms with Crippen LogP contribution in [0.5, 0.6) is 0 Å². The summed E-state index contributed by atoms with van der Waals surface area (Å²) in [6, 6.07) is 15.6. The Morgan fingerprint density at radius 3 is 2.23 bits per heavy atom. The van der Waals surface area contributed by atoms with Crippen LogP contribution in [0.1, 0.15) is 52.0 Å². The maximum atomic E-state index is 13.3. The molecule has 30 heavy (non-hydrogen) atoms. The molecule has 1 atom stereocenters. The highest BCUT2D eigenvalue weighted by Crippen LogP contribution is 2.24. The first kappa shape index (κ1) is 23.9. The smallest absolute Gasteiger partial charge is 0.264 e. The first-order valence-electron chi connectivity index (χ1n) is 10.9. The van der Waals surface area contributed by atoms with Crippen LogP contribution >= 0.6 is 0 Å². The van der Waals surface area contributed by atoms with Gasteiger partial charge in [-0.1, -0.05) is 70.4 Å². The molecular formula is C24H34N2O3S. The average Bonchev–Trinajstić information content (AvgIpc) is 2.78. The van der Waals surface area contributed by atoms with E-state index in [-0.39, 0.29) is 17.3 Å². The lowest BCUT2D eigenvalue weighted by Gasteiger charge is -2.25. The van der Waals surface area contributed by atoms with E-state index in [0.29, 0.717) is 18.2 Å². The first-order chi connectivity index (χ1) is 14.4. The van der Waals surface area contributed by atoms with Crippen molar-refractivity contribution in [3.63, 3.8) is 0 Å². The lowest BCUT2D eigenvalue weighted by atomic mass is 9.99. The Hall–Kier alpha value is -2.34. The molecule has 0 spiro atoms. The number of amides is 1. The first-order valence-corrected chi connectivity index (χ1v) is 12.3. The van der Waals surface area contributed by atoms with Gasteiger partial charge in [0.2, 0.25) is 5.91 Å². The van der Waals surface area contributed by atoms with Crippen LogP contribution in [-0.4, -0.2) is 27.4 Å². The number of benzene rings is 2. The molecule has 164 valence electrons.